The number of rotatable bonds is 6. The Bertz CT molecular complexity index is 1240. The van der Waals surface area contributed by atoms with Crippen molar-refractivity contribution in [2.75, 3.05) is 0 Å². The average Bonchev–Trinajstić information content (AvgIpc) is 2.70. The summed E-state index contributed by atoms with van der Waals surface area (Å²) in [5, 5.41) is 3.20. The molecule has 0 aliphatic heterocycles. The number of hydrogen-bond acceptors (Lipinski definition) is 7. The van der Waals surface area contributed by atoms with Gasteiger partial charge in [0.05, 0.1) is 23.4 Å². The minimum Gasteiger partial charge on any atom is -0.426 e. The summed E-state index contributed by atoms with van der Waals surface area (Å²) in [4.78, 5) is 48.2. The molecule has 0 radical (unpaired) electrons. The summed E-state index contributed by atoms with van der Waals surface area (Å²) in [5.74, 6) is -1.43. The first-order chi connectivity index (χ1) is 15.2. The first kappa shape index (κ1) is 22.7. The van der Waals surface area contributed by atoms with E-state index in [0.29, 0.717) is 10.9 Å². The lowest BCUT2D eigenvalue weighted by molar-refractivity contribution is -0.132. The molecule has 1 N–H and O–H groups in total. The highest BCUT2D eigenvalue weighted by Gasteiger charge is 2.21. The van der Waals surface area contributed by atoms with E-state index in [2.05, 4.69) is 5.32 Å². The zero-order valence-electron chi connectivity index (χ0n) is 18.2. The molecule has 0 spiro atoms. The third-order valence-electron chi connectivity index (χ3n) is 4.85. The van der Waals surface area contributed by atoms with Crippen LogP contribution in [0.5, 0.6) is 11.5 Å². The molecule has 166 valence electrons. The van der Waals surface area contributed by atoms with Gasteiger partial charge in [0, 0.05) is 26.0 Å². The quantitative estimate of drug-likeness (QED) is 0.357. The highest BCUT2D eigenvalue weighted by atomic mass is 16.5. The van der Waals surface area contributed by atoms with Gasteiger partial charge in [0.15, 0.2) is 0 Å². The van der Waals surface area contributed by atoms with Crippen LogP contribution in [-0.2, 0) is 20.8 Å². The molecule has 0 saturated carbocycles. The number of nitrogens with one attached hydrogen (secondary N) is 1. The van der Waals surface area contributed by atoms with Gasteiger partial charge in [-0.1, -0.05) is 30.3 Å². The van der Waals surface area contributed by atoms with Crippen molar-refractivity contribution in [1.82, 2.24) is 5.32 Å². The predicted molar refractivity (Wildman–Crippen MR) is 117 cm³/mol. The summed E-state index contributed by atoms with van der Waals surface area (Å²) in [6, 6.07) is 11.9. The number of ether oxygens (including phenoxy) is 2. The molecule has 1 atom stereocenters. The minimum absolute atomic E-state index is 0.0611. The fourth-order valence-electron chi connectivity index (χ4n) is 3.42. The minimum atomic E-state index is -0.703. The van der Waals surface area contributed by atoms with Gasteiger partial charge < -0.3 is 19.2 Å². The maximum atomic E-state index is 12.7. The Morgan fingerprint density at radius 1 is 1.03 bits per heavy atom. The molecule has 8 nitrogen and oxygen atoms in total. The zero-order chi connectivity index (χ0) is 23.4. The second kappa shape index (κ2) is 9.47. The first-order valence-corrected chi connectivity index (χ1v) is 9.97. The predicted octanol–water partition coefficient (Wildman–Crippen LogP) is 3.37. The van der Waals surface area contributed by atoms with Crippen molar-refractivity contribution in [1.29, 1.82) is 0 Å². The molecule has 3 aromatic rings. The molecule has 32 heavy (non-hydrogen) atoms. The van der Waals surface area contributed by atoms with Crippen LogP contribution in [0.3, 0.4) is 0 Å². The Labute approximate surface area is 184 Å². The lowest BCUT2D eigenvalue weighted by Gasteiger charge is -2.16. The van der Waals surface area contributed by atoms with E-state index >= 15 is 0 Å². The normalized spacial score (nSPS) is 11.6. The van der Waals surface area contributed by atoms with Gasteiger partial charge in [0.25, 0.3) is 0 Å². The third-order valence-corrected chi connectivity index (χ3v) is 4.85. The first-order valence-electron chi connectivity index (χ1n) is 9.97. The molecule has 0 bridgehead atoms. The Kier molecular flexibility index (Phi) is 6.73. The van der Waals surface area contributed by atoms with Gasteiger partial charge in [-0.2, -0.15) is 0 Å². The van der Waals surface area contributed by atoms with Crippen molar-refractivity contribution >= 4 is 28.8 Å². The van der Waals surface area contributed by atoms with Gasteiger partial charge in [-0.25, -0.2) is 4.79 Å². The summed E-state index contributed by atoms with van der Waals surface area (Å²) in [6.07, 6.45) is -0.216. The lowest BCUT2D eigenvalue weighted by Crippen LogP contribution is -2.30. The fraction of sp³-hybridized carbons (Fsp3) is 0.250. The van der Waals surface area contributed by atoms with Crippen LogP contribution < -0.4 is 20.4 Å². The smallest absolute Gasteiger partial charge is 0.340 e. The van der Waals surface area contributed by atoms with Crippen LogP contribution >= 0.6 is 0 Å². The second-order valence-corrected chi connectivity index (χ2v) is 7.35. The van der Waals surface area contributed by atoms with Crippen molar-refractivity contribution in [2.45, 2.75) is 40.2 Å². The van der Waals surface area contributed by atoms with Gasteiger partial charge in [0.1, 0.15) is 17.1 Å². The topological polar surface area (TPSA) is 112 Å². The number of amides is 1. The van der Waals surface area contributed by atoms with Crippen molar-refractivity contribution < 1.29 is 28.3 Å². The fourth-order valence-corrected chi connectivity index (χ4v) is 3.42. The Balaban J connectivity index is 1.98. The zero-order valence-corrected chi connectivity index (χ0v) is 18.2. The molecule has 0 fully saturated rings. The van der Waals surface area contributed by atoms with Crippen LogP contribution in [0.1, 0.15) is 43.5 Å². The van der Waals surface area contributed by atoms with Gasteiger partial charge in [-0.3, -0.25) is 14.4 Å². The molecular formula is C24H23NO7. The number of carbonyl (C=O) groups excluding carboxylic acids is 3. The van der Waals surface area contributed by atoms with Gasteiger partial charge in [0.2, 0.25) is 5.91 Å². The Hall–Kier alpha value is -3.94. The van der Waals surface area contributed by atoms with E-state index < -0.39 is 17.6 Å². The largest absolute Gasteiger partial charge is 0.426 e. The number of esters is 2. The number of benzene rings is 2. The monoisotopic (exact) mass is 437 g/mol. The molecule has 1 amide bonds. The SMILES string of the molecule is CC(=O)Oc1cc(OC(C)=O)c2c(C)c(CC(=O)N[C@@H](C)c3ccccc3)c(=O)oc2c1. The third kappa shape index (κ3) is 5.21. The van der Waals surface area contributed by atoms with Gasteiger partial charge >= 0.3 is 17.6 Å². The van der Waals surface area contributed by atoms with E-state index in [1.165, 1.54) is 26.0 Å². The number of carbonyl (C=O) groups is 3. The Morgan fingerprint density at radius 2 is 1.69 bits per heavy atom. The summed E-state index contributed by atoms with van der Waals surface area (Å²) < 4.78 is 15.7. The van der Waals surface area contributed by atoms with E-state index in [-0.39, 0.29) is 41.0 Å². The summed E-state index contributed by atoms with van der Waals surface area (Å²) in [6.45, 7) is 5.92. The van der Waals surface area contributed by atoms with Crippen LogP contribution in [-0.4, -0.2) is 17.8 Å². The van der Waals surface area contributed by atoms with Crippen LogP contribution in [0.25, 0.3) is 11.0 Å². The highest BCUT2D eigenvalue weighted by molar-refractivity contribution is 5.92. The van der Waals surface area contributed by atoms with Crippen molar-refractivity contribution in [3.8, 4) is 11.5 Å². The lowest BCUT2D eigenvalue weighted by atomic mass is 10.0. The summed E-state index contributed by atoms with van der Waals surface area (Å²) in [5.41, 5.74) is 0.877. The van der Waals surface area contributed by atoms with E-state index in [0.717, 1.165) is 5.56 Å². The molecule has 1 heterocycles. The molecular weight excluding hydrogens is 414 g/mol. The molecule has 3 rings (SSSR count). The maximum absolute atomic E-state index is 12.7. The molecule has 8 heteroatoms. The van der Waals surface area contributed by atoms with Crippen LogP contribution in [0.4, 0.5) is 0 Å². The number of aryl methyl sites for hydroxylation is 1. The Morgan fingerprint density at radius 3 is 2.31 bits per heavy atom. The second-order valence-electron chi connectivity index (χ2n) is 7.35. The van der Waals surface area contributed by atoms with Gasteiger partial charge in [-0.05, 0) is 25.0 Å². The molecule has 0 aliphatic rings. The van der Waals surface area contributed by atoms with Crippen molar-refractivity contribution in [3.63, 3.8) is 0 Å². The van der Waals surface area contributed by atoms with Gasteiger partial charge in [-0.15, -0.1) is 0 Å². The van der Waals surface area contributed by atoms with E-state index in [1.54, 1.807) is 6.92 Å². The van der Waals surface area contributed by atoms with Crippen LogP contribution in [0, 0.1) is 6.92 Å². The van der Waals surface area contributed by atoms with E-state index in [1.807, 2.05) is 37.3 Å². The summed E-state index contributed by atoms with van der Waals surface area (Å²) in [7, 11) is 0. The highest BCUT2D eigenvalue weighted by Crippen LogP contribution is 2.34. The van der Waals surface area contributed by atoms with E-state index in [4.69, 9.17) is 13.9 Å². The molecule has 0 unspecified atom stereocenters. The maximum Gasteiger partial charge on any atom is 0.340 e. The van der Waals surface area contributed by atoms with E-state index in [9.17, 15) is 19.2 Å². The standard InChI is InChI=1S/C24H23NO7/c1-13-19(12-22(28)25-14(2)17-8-6-5-7-9-17)24(29)32-21-11-18(30-15(3)26)10-20(23(13)21)31-16(4)27/h5-11,14H,12H2,1-4H3,(H,25,28)/t14-/m0/s1. The van der Waals surface area contributed by atoms with Crippen molar-refractivity contribution in [2.24, 2.45) is 0 Å². The van der Waals surface area contributed by atoms with Crippen LogP contribution in [0.15, 0.2) is 51.7 Å². The average molecular weight is 437 g/mol. The number of fused-ring (bicyclic) bond motifs is 1. The molecule has 2 aromatic carbocycles. The molecule has 1 aromatic heterocycles. The molecule has 0 aliphatic carbocycles. The van der Waals surface area contributed by atoms with Crippen molar-refractivity contribution in [3.05, 3.63) is 69.6 Å². The number of hydrogen-bond donors (Lipinski definition) is 1. The molecule has 0 saturated heterocycles. The summed E-state index contributed by atoms with van der Waals surface area (Å²) >= 11 is 0. The van der Waals surface area contributed by atoms with Crippen LogP contribution in [0.2, 0.25) is 0 Å².